The zero-order chi connectivity index (χ0) is 31.9. The van der Waals surface area contributed by atoms with Gasteiger partial charge in [-0.15, -0.1) is 0 Å². The van der Waals surface area contributed by atoms with Crippen molar-refractivity contribution in [1.29, 1.82) is 0 Å². The van der Waals surface area contributed by atoms with Crippen molar-refractivity contribution in [3.05, 3.63) is 203 Å². The van der Waals surface area contributed by atoms with Crippen LogP contribution in [0.2, 0.25) is 0 Å². The molecule has 0 radical (unpaired) electrons. The fraction of sp³-hybridized carbons (Fsp3) is 0.0870. The average Bonchev–Trinajstić information content (AvgIpc) is 3.47. The van der Waals surface area contributed by atoms with Gasteiger partial charge in [0.15, 0.2) is 23.0 Å². The molecule has 9 rings (SSSR count). The average molecular weight is 619 g/mol. The van der Waals surface area contributed by atoms with Crippen molar-refractivity contribution in [1.82, 2.24) is 0 Å². The van der Waals surface area contributed by atoms with E-state index in [1.807, 2.05) is 6.07 Å². The lowest BCUT2D eigenvalue weighted by molar-refractivity contribution is 0.358. The summed E-state index contributed by atoms with van der Waals surface area (Å²) in [6.45, 7) is 0. The van der Waals surface area contributed by atoms with Gasteiger partial charge in [-0.2, -0.15) is 0 Å². The second-order valence-electron chi connectivity index (χ2n) is 12.7. The summed E-state index contributed by atoms with van der Waals surface area (Å²) in [7, 11) is 0. The van der Waals surface area contributed by atoms with E-state index in [2.05, 4.69) is 164 Å². The number of allylic oxidation sites excluding steroid dienone is 5. The molecule has 0 saturated heterocycles. The van der Waals surface area contributed by atoms with Gasteiger partial charge in [0.1, 0.15) is 0 Å². The molecular weight excluding hydrogens is 585 g/mol. The summed E-state index contributed by atoms with van der Waals surface area (Å²) in [5.74, 6) is 3.04. The van der Waals surface area contributed by atoms with E-state index < -0.39 is 5.41 Å². The molecule has 2 aliphatic carbocycles. The van der Waals surface area contributed by atoms with Crippen molar-refractivity contribution in [2.45, 2.75) is 24.7 Å². The predicted octanol–water partition coefficient (Wildman–Crippen LogP) is 12.0. The Hall–Kier alpha value is -5.86. The van der Waals surface area contributed by atoms with Crippen molar-refractivity contribution >= 4 is 11.6 Å². The first-order valence-electron chi connectivity index (χ1n) is 16.8. The van der Waals surface area contributed by atoms with E-state index in [4.69, 9.17) is 9.47 Å². The number of fused-ring (bicyclic) bond motifs is 5. The molecule has 6 aromatic carbocycles. The summed E-state index contributed by atoms with van der Waals surface area (Å²) >= 11 is 0. The summed E-state index contributed by atoms with van der Waals surface area (Å²) in [5.41, 5.74) is 11.9. The Morgan fingerprint density at radius 3 is 2.08 bits per heavy atom. The largest absolute Gasteiger partial charge is 0.449 e. The van der Waals surface area contributed by atoms with Crippen molar-refractivity contribution < 1.29 is 9.47 Å². The Kier molecular flexibility index (Phi) is 6.94. The van der Waals surface area contributed by atoms with Gasteiger partial charge >= 0.3 is 0 Å². The van der Waals surface area contributed by atoms with Crippen molar-refractivity contribution in [3.8, 4) is 34.1 Å². The van der Waals surface area contributed by atoms with Crippen LogP contribution in [0.15, 0.2) is 169 Å². The second-order valence-corrected chi connectivity index (χ2v) is 12.7. The van der Waals surface area contributed by atoms with Gasteiger partial charge in [-0.25, -0.2) is 0 Å². The Bertz CT molecular complexity index is 2200. The number of benzene rings is 6. The van der Waals surface area contributed by atoms with Gasteiger partial charge in [-0.1, -0.05) is 152 Å². The molecule has 2 nitrogen and oxygen atoms in total. The van der Waals surface area contributed by atoms with Crippen LogP contribution in [-0.4, -0.2) is 0 Å². The molecule has 0 bridgehead atoms. The maximum absolute atomic E-state index is 6.97. The van der Waals surface area contributed by atoms with Crippen molar-refractivity contribution in [2.24, 2.45) is 0 Å². The topological polar surface area (TPSA) is 18.5 Å². The molecule has 0 aromatic heterocycles. The van der Waals surface area contributed by atoms with Crippen LogP contribution in [0.5, 0.6) is 23.0 Å². The third-order valence-corrected chi connectivity index (χ3v) is 9.96. The standard InChI is InChI=1S/C46H34O2/c1-4-15-32(16-5-1)17-14-19-33-18-10-11-24-37(33)34-27-29-41-43(31-34)48-45-42(47-41)30-28-40-44(45)38-25-12-13-26-39(38)46(40,35-20-6-2-7-21-35)36-22-8-3-9-23-36/h1-11,13-16,18-24,26-31H,12,17,25H2/b19-14+. The number of rotatable bonds is 6. The molecule has 0 fully saturated rings. The molecule has 48 heavy (non-hydrogen) atoms. The van der Waals surface area contributed by atoms with Gasteiger partial charge in [0, 0.05) is 5.56 Å². The Balaban J connectivity index is 1.15. The monoisotopic (exact) mass is 618 g/mol. The molecular formula is C46H34O2. The number of hydrogen-bond donors (Lipinski definition) is 0. The van der Waals surface area contributed by atoms with E-state index in [1.165, 1.54) is 44.5 Å². The minimum atomic E-state index is -0.449. The third kappa shape index (κ3) is 4.56. The molecule has 0 unspecified atom stereocenters. The smallest absolute Gasteiger partial charge is 0.177 e. The highest BCUT2D eigenvalue weighted by Crippen LogP contribution is 2.62. The van der Waals surface area contributed by atoms with Gasteiger partial charge in [-0.05, 0) is 87.6 Å². The highest BCUT2D eigenvalue weighted by Gasteiger charge is 2.49. The Labute approximate surface area is 282 Å². The fourth-order valence-corrected chi connectivity index (χ4v) is 7.85. The van der Waals surface area contributed by atoms with E-state index in [0.717, 1.165) is 53.4 Å². The molecule has 1 heterocycles. The van der Waals surface area contributed by atoms with Gasteiger partial charge < -0.3 is 9.47 Å². The third-order valence-electron chi connectivity index (χ3n) is 9.96. The van der Waals surface area contributed by atoms with Crippen LogP contribution >= 0.6 is 0 Å². The molecule has 0 atom stereocenters. The van der Waals surface area contributed by atoms with Crippen LogP contribution in [0.1, 0.15) is 46.2 Å². The van der Waals surface area contributed by atoms with Gasteiger partial charge in [0.05, 0.1) is 5.41 Å². The van der Waals surface area contributed by atoms with Crippen LogP contribution in [-0.2, 0) is 11.8 Å². The summed E-state index contributed by atoms with van der Waals surface area (Å²) in [4.78, 5) is 0. The molecule has 0 spiro atoms. The first kappa shape index (κ1) is 28.4. The Morgan fingerprint density at radius 2 is 1.31 bits per heavy atom. The highest BCUT2D eigenvalue weighted by atomic mass is 16.6. The summed E-state index contributed by atoms with van der Waals surface area (Å²) in [5, 5.41) is 0. The lowest BCUT2D eigenvalue weighted by Crippen LogP contribution is -2.29. The quantitative estimate of drug-likeness (QED) is 0.185. The minimum absolute atomic E-state index is 0.449. The first-order valence-corrected chi connectivity index (χ1v) is 16.8. The molecule has 6 aromatic rings. The van der Waals surface area contributed by atoms with Gasteiger partial charge in [0.25, 0.3) is 0 Å². The minimum Gasteiger partial charge on any atom is -0.449 e. The van der Waals surface area contributed by atoms with E-state index in [1.54, 1.807) is 0 Å². The fourth-order valence-electron chi connectivity index (χ4n) is 7.85. The number of hydrogen-bond acceptors (Lipinski definition) is 2. The molecule has 2 heteroatoms. The molecule has 0 N–H and O–H groups in total. The lowest BCUT2D eigenvalue weighted by Gasteiger charge is -2.35. The first-order chi connectivity index (χ1) is 23.8. The molecule has 0 saturated carbocycles. The zero-order valence-corrected chi connectivity index (χ0v) is 26.6. The van der Waals surface area contributed by atoms with E-state index >= 15 is 0 Å². The van der Waals surface area contributed by atoms with Crippen LogP contribution < -0.4 is 9.47 Å². The van der Waals surface area contributed by atoms with E-state index in [-0.39, 0.29) is 0 Å². The summed E-state index contributed by atoms with van der Waals surface area (Å²) in [6, 6.07) is 51.6. The van der Waals surface area contributed by atoms with Gasteiger partial charge in [0.2, 0.25) is 0 Å². The molecule has 3 aliphatic rings. The zero-order valence-electron chi connectivity index (χ0n) is 26.6. The van der Waals surface area contributed by atoms with E-state index in [0.29, 0.717) is 0 Å². The van der Waals surface area contributed by atoms with Crippen molar-refractivity contribution in [2.75, 3.05) is 0 Å². The van der Waals surface area contributed by atoms with Crippen LogP contribution in [0.4, 0.5) is 0 Å². The SMILES string of the molecule is C1=CC2=C(CC1)c1c(ccc3c1Oc1cc(-c4ccccc4/C=C/Cc4ccccc4)ccc1O3)C2(c1ccccc1)c1ccccc1. The van der Waals surface area contributed by atoms with Crippen LogP contribution in [0.25, 0.3) is 22.8 Å². The normalized spacial score (nSPS) is 15.2. The molecule has 230 valence electrons. The maximum atomic E-state index is 6.97. The molecule has 1 aliphatic heterocycles. The Morgan fingerprint density at radius 1 is 0.625 bits per heavy atom. The van der Waals surface area contributed by atoms with Crippen LogP contribution in [0, 0.1) is 0 Å². The predicted molar refractivity (Wildman–Crippen MR) is 196 cm³/mol. The van der Waals surface area contributed by atoms with Gasteiger partial charge in [-0.3, -0.25) is 0 Å². The van der Waals surface area contributed by atoms with Crippen LogP contribution in [0.3, 0.4) is 0 Å². The molecule has 0 amide bonds. The summed E-state index contributed by atoms with van der Waals surface area (Å²) < 4.78 is 13.6. The maximum Gasteiger partial charge on any atom is 0.177 e. The lowest BCUT2D eigenvalue weighted by atomic mass is 9.66. The highest BCUT2D eigenvalue weighted by molar-refractivity contribution is 5.92. The van der Waals surface area contributed by atoms with Crippen molar-refractivity contribution in [3.63, 3.8) is 0 Å². The number of ether oxygens (including phenoxy) is 2. The summed E-state index contributed by atoms with van der Waals surface area (Å²) in [6.07, 6.45) is 12.0. The second kappa shape index (κ2) is 11.7. The van der Waals surface area contributed by atoms with E-state index in [9.17, 15) is 0 Å².